The minimum atomic E-state index is -1.18. The van der Waals surface area contributed by atoms with Crippen molar-refractivity contribution in [2.24, 2.45) is 0 Å². The monoisotopic (exact) mass is 351 g/mol. The van der Waals surface area contributed by atoms with Crippen molar-refractivity contribution in [1.82, 2.24) is 19.5 Å². The van der Waals surface area contributed by atoms with Gasteiger partial charge in [0.15, 0.2) is 23.2 Å². The number of nitrogens with zero attached hydrogens (tertiary/aromatic N) is 4. The third-order valence-corrected chi connectivity index (χ3v) is 4.52. The molecule has 138 valence electrons. The van der Waals surface area contributed by atoms with Crippen LogP contribution in [0.2, 0.25) is 0 Å². The van der Waals surface area contributed by atoms with Gasteiger partial charge in [0.05, 0.1) is 12.9 Å². The maximum atomic E-state index is 10.2. The summed E-state index contributed by atoms with van der Waals surface area (Å²) in [6, 6.07) is 0.247. The van der Waals surface area contributed by atoms with Gasteiger partial charge in [-0.1, -0.05) is 19.8 Å². The summed E-state index contributed by atoms with van der Waals surface area (Å²) in [6.45, 7) is 3.86. The first kappa shape index (κ1) is 18.0. The molecule has 2 aromatic rings. The SMILES string of the molecule is CCCCC(C)Nc1ncnc2c1ncn2C1O[C@H](CO)[C@@H](O)[C@H]1O. The van der Waals surface area contributed by atoms with Crippen LogP contribution < -0.4 is 5.32 Å². The number of hydrogen-bond acceptors (Lipinski definition) is 8. The first-order valence-corrected chi connectivity index (χ1v) is 8.63. The van der Waals surface area contributed by atoms with Crippen LogP contribution in [0.3, 0.4) is 0 Å². The molecule has 1 aliphatic rings. The molecule has 3 rings (SSSR count). The van der Waals surface area contributed by atoms with E-state index in [1.807, 2.05) is 0 Å². The van der Waals surface area contributed by atoms with E-state index < -0.39 is 24.5 Å². The lowest BCUT2D eigenvalue weighted by atomic mass is 10.1. The van der Waals surface area contributed by atoms with Crippen LogP contribution in [0.4, 0.5) is 5.82 Å². The van der Waals surface area contributed by atoms with Crippen molar-refractivity contribution in [3.63, 3.8) is 0 Å². The Morgan fingerprint density at radius 1 is 1.28 bits per heavy atom. The van der Waals surface area contributed by atoms with Gasteiger partial charge in [-0.3, -0.25) is 4.57 Å². The number of aliphatic hydroxyl groups is 3. The Morgan fingerprint density at radius 3 is 2.76 bits per heavy atom. The van der Waals surface area contributed by atoms with Crippen molar-refractivity contribution in [1.29, 1.82) is 0 Å². The van der Waals surface area contributed by atoms with E-state index in [0.717, 1.165) is 19.3 Å². The number of fused-ring (bicyclic) bond motifs is 1. The summed E-state index contributed by atoms with van der Waals surface area (Å²) in [7, 11) is 0. The number of imidazole rings is 1. The number of aliphatic hydroxyl groups excluding tert-OH is 3. The molecular formula is C16H25N5O4. The van der Waals surface area contributed by atoms with Crippen molar-refractivity contribution < 1.29 is 20.1 Å². The van der Waals surface area contributed by atoms with Crippen LogP contribution in [0.15, 0.2) is 12.7 Å². The average molecular weight is 351 g/mol. The van der Waals surface area contributed by atoms with Crippen LogP contribution >= 0.6 is 0 Å². The number of nitrogens with one attached hydrogen (secondary N) is 1. The van der Waals surface area contributed by atoms with Gasteiger partial charge in [-0.2, -0.15) is 0 Å². The molecule has 4 N–H and O–H groups in total. The highest BCUT2D eigenvalue weighted by Crippen LogP contribution is 2.32. The van der Waals surface area contributed by atoms with Gasteiger partial charge in [-0.05, 0) is 13.3 Å². The Kier molecular flexibility index (Phi) is 5.48. The van der Waals surface area contributed by atoms with Crippen molar-refractivity contribution >= 4 is 17.0 Å². The Morgan fingerprint density at radius 2 is 2.08 bits per heavy atom. The van der Waals surface area contributed by atoms with Crippen LogP contribution in [0.1, 0.15) is 39.3 Å². The second-order valence-electron chi connectivity index (χ2n) is 6.46. The lowest BCUT2D eigenvalue weighted by Crippen LogP contribution is -2.33. The average Bonchev–Trinajstić information content (AvgIpc) is 3.16. The molecule has 9 nitrogen and oxygen atoms in total. The topological polar surface area (TPSA) is 126 Å². The Bertz CT molecular complexity index is 709. The predicted molar refractivity (Wildman–Crippen MR) is 90.9 cm³/mol. The van der Waals surface area contributed by atoms with Crippen LogP contribution in [0.5, 0.6) is 0 Å². The third-order valence-electron chi connectivity index (χ3n) is 4.52. The summed E-state index contributed by atoms with van der Waals surface area (Å²) in [5, 5.41) is 32.7. The molecule has 0 aromatic carbocycles. The van der Waals surface area contributed by atoms with Crippen molar-refractivity contribution in [3.8, 4) is 0 Å². The van der Waals surface area contributed by atoms with Crippen LogP contribution in [-0.2, 0) is 4.74 Å². The molecule has 1 saturated heterocycles. The van der Waals surface area contributed by atoms with Crippen molar-refractivity contribution in [2.75, 3.05) is 11.9 Å². The van der Waals surface area contributed by atoms with Gasteiger partial charge >= 0.3 is 0 Å². The van der Waals surface area contributed by atoms with E-state index in [1.165, 1.54) is 12.7 Å². The highest BCUT2D eigenvalue weighted by Gasteiger charge is 2.44. The summed E-state index contributed by atoms with van der Waals surface area (Å²) in [6.07, 6.45) is 2.16. The summed E-state index contributed by atoms with van der Waals surface area (Å²) < 4.78 is 7.11. The first-order valence-electron chi connectivity index (χ1n) is 8.63. The molecule has 2 unspecified atom stereocenters. The number of aromatic nitrogens is 4. The van der Waals surface area contributed by atoms with E-state index in [9.17, 15) is 15.3 Å². The maximum Gasteiger partial charge on any atom is 0.167 e. The number of ether oxygens (including phenoxy) is 1. The fourth-order valence-electron chi connectivity index (χ4n) is 3.07. The number of anilines is 1. The molecule has 0 bridgehead atoms. The van der Waals surface area contributed by atoms with Gasteiger partial charge < -0.3 is 25.4 Å². The smallest absolute Gasteiger partial charge is 0.167 e. The molecule has 0 saturated carbocycles. The Balaban J connectivity index is 1.86. The lowest BCUT2D eigenvalue weighted by molar-refractivity contribution is -0.0511. The first-order chi connectivity index (χ1) is 12.1. The summed E-state index contributed by atoms with van der Waals surface area (Å²) in [5.41, 5.74) is 1.07. The predicted octanol–water partition coefficient (Wildman–Crippen LogP) is 0.428. The van der Waals surface area contributed by atoms with Gasteiger partial charge in [0.2, 0.25) is 0 Å². The van der Waals surface area contributed by atoms with Crippen LogP contribution in [0, 0.1) is 0 Å². The van der Waals surface area contributed by atoms with E-state index in [1.54, 1.807) is 4.57 Å². The Labute approximate surface area is 145 Å². The molecule has 0 amide bonds. The van der Waals surface area contributed by atoms with Gasteiger partial charge in [0.1, 0.15) is 24.6 Å². The zero-order valence-electron chi connectivity index (χ0n) is 14.4. The van der Waals surface area contributed by atoms with Crippen LogP contribution in [-0.4, -0.2) is 65.8 Å². The molecular weight excluding hydrogens is 326 g/mol. The highest BCUT2D eigenvalue weighted by molar-refractivity contribution is 5.82. The van der Waals surface area contributed by atoms with Gasteiger partial charge in [0, 0.05) is 6.04 Å². The van der Waals surface area contributed by atoms with Gasteiger partial charge in [-0.25, -0.2) is 15.0 Å². The molecule has 25 heavy (non-hydrogen) atoms. The van der Waals surface area contributed by atoms with E-state index in [2.05, 4.69) is 34.1 Å². The standard InChI is InChI=1S/C16H25N5O4/c1-3-4-5-9(2)20-14-11-15(18-7-17-14)21(8-19-11)16-13(24)12(23)10(6-22)25-16/h7-10,12-13,16,22-24H,3-6H2,1-2H3,(H,17,18,20)/t9?,10-,12-,13-,16?/m1/s1. The van der Waals surface area contributed by atoms with Gasteiger partial charge in [-0.15, -0.1) is 0 Å². The van der Waals surface area contributed by atoms with E-state index in [-0.39, 0.29) is 12.6 Å². The number of unbranched alkanes of at least 4 members (excludes halogenated alkanes) is 1. The lowest BCUT2D eigenvalue weighted by Gasteiger charge is -2.17. The highest BCUT2D eigenvalue weighted by atomic mass is 16.6. The number of rotatable bonds is 7. The fourth-order valence-corrected chi connectivity index (χ4v) is 3.07. The molecule has 0 aliphatic carbocycles. The normalized spacial score (nSPS) is 27.7. The molecule has 2 aromatic heterocycles. The summed E-state index contributed by atoms with van der Waals surface area (Å²) in [4.78, 5) is 12.9. The zero-order chi connectivity index (χ0) is 18.0. The summed E-state index contributed by atoms with van der Waals surface area (Å²) >= 11 is 0. The van der Waals surface area contributed by atoms with E-state index in [0.29, 0.717) is 17.0 Å². The molecule has 3 heterocycles. The van der Waals surface area contributed by atoms with E-state index in [4.69, 9.17) is 4.74 Å². The minimum absolute atomic E-state index is 0.247. The largest absolute Gasteiger partial charge is 0.394 e. The van der Waals surface area contributed by atoms with E-state index >= 15 is 0 Å². The quantitative estimate of drug-likeness (QED) is 0.566. The number of hydrogen-bond donors (Lipinski definition) is 4. The third kappa shape index (κ3) is 3.45. The second kappa shape index (κ2) is 7.61. The maximum absolute atomic E-state index is 10.2. The molecule has 1 fully saturated rings. The Hall–Kier alpha value is -1.81. The molecule has 0 spiro atoms. The fraction of sp³-hybridized carbons (Fsp3) is 0.688. The minimum Gasteiger partial charge on any atom is -0.394 e. The molecule has 1 aliphatic heterocycles. The second-order valence-corrected chi connectivity index (χ2v) is 6.46. The van der Waals surface area contributed by atoms with Crippen molar-refractivity contribution in [3.05, 3.63) is 12.7 Å². The van der Waals surface area contributed by atoms with Crippen LogP contribution in [0.25, 0.3) is 11.2 Å². The molecule has 0 radical (unpaired) electrons. The zero-order valence-corrected chi connectivity index (χ0v) is 14.4. The van der Waals surface area contributed by atoms with Gasteiger partial charge in [0.25, 0.3) is 0 Å². The molecule has 9 heteroatoms. The van der Waals surface area contributed by atoms with Crippen molar-refractivity contribution in [2.45, 2.75) is 63.7 Å². The summed E-state index contributed by atoms with van der Waals surface area (Å²) in [5.74, 6) is 0.624. The molecule has 5 atom stereocenters.